The van der Waals surface area contributed by atoms with Gasteiger partial charge in [0.2, 0.25) is 0 Å². The van der Waals surface area contributed by atoms with Crippen molar-refractivity contribution in [2.45, 2.75) is 0 Å². The molecule has 0 radical (unpaired) electrons. The van der Waals surface area contributed by atoms with Crippen LogP contribution >= 0.6 is 0 Å². The quantitative estimate of drug-likeness (QED) is 0.490. The summed E-state index contributed by atoms with van der Waals surface area (Å²) in [6.45, 7) is 0.604. The van der Waals surface area contributed by atoms with Crippen molar-refractivity contribution in [2.75, 3.05) is 13.8 Å². The molecule has 3 heteroatoms. The van der Waals surface area contributed by atoms with Gasteiger partial charge in [0.05, 0.1) is 7.11 Å². The van der Waals surface area contributed by atoms with E-state index in [9.17, 15) is 0 Å². The topological polar surface area (TPSA) is 24.8 Å². The van der Waals surface area contributed by atoms with Crippen molar-refractivity contribution in [3.8, 4) is 0 Å². The zero-order chi connectivity index (χ0) is 5.82. The van der Waals surface area contributed by atoms with Crippen LogP contribution in [-0.2, 0) is 4.84 Å². The molecule has 0 bridgehead atoms. The molecule has 0 N–H and O–H groups in total. The van der Waals surface area contributed by atoms with Gasteiger partial charge in [-0.15, -0.1) is 0 Å². The fourth-order valence-corrected chi connectivity index (χ4v) is 0.489. The summed E-state index contributed by atoms with van der Waals surface area (Å²) in [4.78, 5) is 8.74. The molecular formula is C5H8N2O. The number of allylic oxidation sites excluding steroid dienone is 1. The molecule has 0 fully saturated rings. The molecule has 1 rings (SSSR count). The first-order valence-electron chi connectivity index (χ1n) is 2.41. The van der Waals surface area contributed by atoms with Crippen molar-refractivity contribution in [2.24, 2.45) is 4.99 Å². The third kappa shape index (κ3) is 1.07. The Kier molecular flexibility index (Phi) is 1.64. The highest BCUT2D eigenvalue weighted by atomic mass is 16.7. The third-order valence-corrected chi connectivity index (χ3v) is 0.899. The minimum Gasteiger partial charge on any atom is -0.276 e. The summed E-state index contributed by atoms with van der Waals surface area (Å²) in [6.07, 6.45) is 5.40. The Labute approximate surface area is 48.2 Å². The molecule has 0 atom stereocenters. The van der Waals surface area contributed by atoms with Crippen molar-refractivity contribution >= 4 is 6.21 Å². The zero-order valence-electron chi connectivity index (χ0n) is 4.74. The molecule has 1 heterocycles. The van der Waals surface area contributed by atoms with Crippen molar-refractivity contribution in [3.63, 3.8) is 0 Å². The summed E-state index contributed by atoms with van der Waals surface area (Å²) in [5, 5.41) is 1.64. The fourth-order valence-electron chi connectivity index (χ4n) is 0.489. The van der Waals surface area contributed by atoms with E-state index in [1.807, 2.05) is 12.3 Å². The molecule has 0 saturated carbocycles. The van der Waals surface area contributed by atoms with E-state index in [2.05, 4.69) is 4.99 Å². The van der Waals surface area contributed by atoms with Gasteiger partial charge in [0.15, 0.2) is 0 Å². The van der Waals surface area contributed by atoms with E-state index in [1.54, 1.807) is 18.4 Å². The van der Waals surface area contributed by atoms with Gasteiger partial charge in [0, 0.05) is 12.4 Å². The first kappa shape index (κ1) is 5.31. The number of hydrogen-bond donors (Lipinski definition) is 0. The number of aliphatic imine (C=N–C) groups is 1. The third-order valence-electron chi connectivity index (χ3n) is 0.899. The number of hydrogen-bond acceptors (Lipinski definition) is 3. The smallest absolute Gasteiger partial charge is 0.135 e. The van der Waals surface area contributed by atoms with Gasteiger partial charge in [-0.2, -0.15) is 0 Å². The number of nitrogens with zero attached hydrogens (tertiary/aromatic N) is 2. The molecule has 1 aliphatic rings. The van der Waals surface area contributed by atoms with Gasteiger partial charge in [-0.1, -0.05) is 0 Å². The van der Waals surface area contributed by atoms with Crippen LogP contribution < -0.4 is 0 Å². The lowest BCUT2D eigenvalue weighted by Gasteiger charge is -2.15. The molecule has 0 aliphatic carbocycles. The van der Waals surface area contributed by atoms with Crippen molar-refractivity contribution in [1.82, 2.24) is 5.06 Å². The summed E-state index contributed by atoms with van der Waals surface area (Å²) < 4.78 is 0. The Morgan fingerprint density at radius 2 is 2.62 bits per heavy atom. The van der Waals surface area contributed by atoms with E-state index in [0.717, 1.165) is 0 Å². The largest absolute Gasteiger partial charge is 0.276 e. The number of rotatable bonds is 1. The molecular weight excluding hydrogens is 104 g/mol. The highest BCUT2D eigenvalue weighted by molar-refractivity contribution is 5.71. The highest BCUT2D eigenvalue weighted by Crippen LogP contribution is 1.92. The van der Waals surface area contributed by atoms with Crippen LogP contribution in [0.25, 0.3) is 0 Å². The maximum atomic E-state index is 4.82. The van der Waals surface area contributed by atoms with Gasteiger partial charge in [-0.05, 0) is 6.08 Å². The Balaban J connectivity index is 2.40. The Morgan fingerprint density at radius 1 is 1.75 bits per heavy atom. The van der Waals surface area contributed by atoms with Gasteiger partial charge in [0.25, 0.3) is 0 Å². The predicted octanol–water partition coefficient (Wildman–Crippen LogP) is 0.405. The second-order valence-corrected chi connectivity index (χ2v) is 1.41. The lowest BCUT2D eigenvalue weighted by atomic mass is 10.6. The summed E-state index contributed by atoms with van der Waals surface area (Å²) in [7, 11) is 1.62. The molecule has 0 aromatic carbocycles. The first-order chi connectivity index (χ1) is 3.93. The molecule has 0 amide bonds. The van der Waals surface area contributed by atoms with Crippen molar-refractivity contribution in [1.29, 1.82) is 0 Å². The van der Waals surface area contributed by atoms with Crippen molar-refractivity contribution in [3.05, 3.63) is 12.3 Å². The Hall–Kier alpha value is -0.830. The minimum atomic E-state index is 0.604. The maximum Gasteiger partial charge on any atom is 0.135 e. The van der Waals surface area contributed by atoms with E-state index < -0.39 is 0 Å². The van der Waals surface area contributed by atoms with Crippen LogP contribution in [0.5, 0.6) is 0 Å². The van der Waals surface area contributed by atoms with E-state index in [4.69, 9.17) is 4.84 Å². The summed E-state index contributed by atoms with van der Waals surface area (Å²) in [5.74, 6) is 0. The molecule has 0 saturated heterocycles. The van der Waals surface area contributed by atoms with Crippen molar-refractivity contribution < 1.29 is 4.84 Å². The zero-order valence-corrected chi connectivity index (χ0v) is 4.74. The van der Waals surface area contributed by atoms with E-state index in [1.165, 1.54) is 0 Å². The van der Waals surface area contributed by atoms with E-state index in [0.29, 0.717) is 6.67 Å². The van der Waals surface area contributed by atoms with Crippen LogP contribution in [0, 0.1) is 0 Å². The Morgan fingerprint density at radius 3 is 3.00 bits per heavy atom. The second kappa shape index (κ2) is 2.47. The SMILES string of the molecule is CON1C=CC=NC1. The predicted molar refractivity (Wildman–Crippen MR) is 31.3 cm³/mol. The van der Waals surface area contributed by atoms with E-state index in [-0.39, 0.29) is 0 Å². The standard InChI is InChI=1S/C5H8N2O/c1-8-7-4-2-3-6-5-7/h2-4H,5H2,1H3. The van der Waals surface area contributed by atoms with Gasteiger partial charge in [0.1, 0.15) is 6.67 Å². The molecule has 0 aromatic heterocycles. The fraction of sp³-hybridized carbons (Fsp3) is 0.400. The first-order valence-corrected chi connectivity index (χ1v) is 2.41. The maximum absolute atomic E-state index is 4.82. The van der Waals surface area contributed by atoms with Gasteiger partial charge >= 0.3 is 0 Å². The van der Waals surface area contributed by atoms with Gasteiger partial charge in [-0.3, -0.25) is 9.83 Å². The summed E-state index contributed by atoms with van der Waals surface area (Å²) >= 11 is 0. The molecule has 0 spiro atoms. The molecule has 1 aliphatic heterocycles. The molecule has 0 aromatic rings. The van der Waals surface area contributed by atoms with Crippen LogP contribution in [0.2, 0.25) is 0 Å². The Bertz CT molecular complexity index is 120. The van der Waals surface area contributed by atoms with Crippen LogP contribution in [-0.4, -0.2) is 25.1 Å². The minimum absolute atomic E-state index is 0.604. The van der Waals surface area contributed by atoms with Crippen LogP contribution in [0.4, 0.5) is 0 Å². The summed E-state index contributed by atoms with van der Waals surface area (Å²) in [6, 6.07) is 0. The van der Waals surface area contributed by atoms with Crippen LogP contribution in [0.3, 0.4) is 0 Å². The van der Waals surface area contributed by atoms with E-state index >= 15 is 0 Å². The lowest BCUT2D eigenvalue weighted by Crippen LogP contribution is -2.17. The molecule has 3 nitrogen and oxygen atoms in total. The monoisotopic (exact) mass is 112 g/mol. The van der Waals surface area contributed by atoms with Gasteiger partial charge < -0.3 is 0 Å². The molecule has 44 valence electrons. The lowest BCUT2D eigenvalue weighted by molar-refractivity contribution is -0.0857. The average molecular weight is 112 g/mol. The second-order valence-electron chi connectivity index (χ2n) is 1.41. The summed E-state index contributed by atoms with van der Waals surface area (Å²) in [5.41, 5.74) is 0. The molecule has 0 unspecified atom stereocenters. The normalized spacial score (nSPS) is 17.4. The van der Waals surface area contributed by atoms with Crippen LogP contribution in [0.15, 0.2) is 17.3 Å². The molecule has 8 heavy (non-hydrogen) atoms. The average Bonchev–Trinajstić information content (AvgIpc) is 1.90. The highest BCUT2D eigenvalue weighted by Gasteiger charge is 1.93. The number of hydroxylamine groups is 2. The van der Waals surface area contributed by atoms with Crippen LogP contribution in [0.1, 0.15) is 0 Å². The van der Waals surface area contributed by atoms with Gasteiger partial charge in [-0.25, -0.2) is 5.06 Å².